The molecule has 0 amide bonds. The first-order valence-corrected chi connectivity index (χ1v) is 6.47. The maximum absolute atomic E-state index is 13.3. The van der Waals surface area contributed by atoms with Gasteiger partial charge in [-0.25, -0.2) is 4.39 Å². The number of nitrogens with one attached hydrogen (secondary N) is 1. The lowest BCUT2D eigenvalue weighted by Crippen LogP contribution is -2.29. The van der Waals surface area contributed by atoms with Gasteiger partial charge in [-0.3, -0.25) is 0 Å². The molecule has 1 aromatic rings. The molecule has 1 aliphatic heterocycles. The molecular weight excluding hydrogens is 209 g/mol. The second kappa shape index (κ2) is 5.52. The van der Waals surface area contributed by atoms with Crippen molar-refractivity contribution in [3.05, 3.63) is 35.6 Å². The molecule has 15 heavy (non-hydrogen) atoms. The number of hydrogen-bond acceptors (Lipinski definition) is 2. The highest BCUT2D eigenvalue weighted by molar-refractivity contribution is 7.99. The van der Waals surface area contributed by atoms with Gasteiger partial charge in [0.15, 0.2) is 0 Å². The van der Waals surface area contributed by atoms with Crippen molar-refractivity contribution in [2.45, 2.75) is 23.8 Å². The number of halogens is 1. The summed E-state index contributed by atoms with van der Waals surface area (Å²) in [6.07, 6.45) is 2.41. The quantitative estimate of drug-likeness (QED) is 0.849. The maximum atomic E-state index is 13.3. The zero-order valence-electron chi connectivity index (χ0n) is 8.71. The van der Waals surface area contributed by atoms with E-state index in [1.165, 1.54) is 18.9 Å². The molecule has 0 saturated carbocycles. The summed E-state index contributed by atoms with van der Waals surface area (Å²) in [5, 5.41) is 4.04. The second-order valence-corrected chi connectivity index (χ2v) is 5.14. The van der Waals surface area contributed by atoms with E-state index in [-0.39, 0.29) is 5.82 Å². The molecule has 1 N–H and O–H groups in total. The van der Waals surface area contributed by atoms with Crippen molar-refractivity contribution < 1.29 is 4.39 Å². The molecule has 0 unspecified atom stereocenters. The average molecular weight is 225 g/mol. The molecule has 1 nitrogen and oxygen atoms in total. The van der Waals surface area contributed by atoms with Crippen LogP contribution < -0.4 is 5.32 Å². The minimum atomic E-state index is -0.0704. The molecule has 82 valence electrons. The van der Waals surface area contributed by atoms with E-state index in [0.717, 1.165) is 24.4 Å². The van der Waals surface area contributed by atoms with E-state index >= 15 is 0 Å². The summed E-state index contributed by atoms with van der Waals surface area (Å²) in [6, 6.07) is 7.07. The summed E-state index contributed by atoms with van der Waals surface area (Å²) in [7, 11) is 0. The summed E-state index contributed by atoms with van der Waals surface area (Å²) < 4.78 is 13.3. The van der Waals surface area contributed by atoms with E-state index < -0.39 is 0 Å². The first-order chi connectivity index (χ1) is 7.36. The molecule has 3 heteroatoms. The summed E-state index contributed by atoms with van der Waals surface area (Å²) in [6.45, 7) is 2.21. The van der Waals surface area contributed by atoms with Gasteiger partial charge in [0.2, 0.25) is 0 Å². The van der Waals surface area contributed by atoms with Crippen LogP contribution in [0.5, 0.6) is 0 Å². The molecule has 2 rings (SSSR count). The number of hydrogen-bond donors (Lipinski definition) is 1. The van der Waals surface area contributed by atoms with Gasteiger partial charge in [-0.05, 0) is 37.6 Å². The molecule has 0 bridgehead atoms. The highest BCUT2D eigenvalue weighted by Crippen LogP contribution is 2.25. The number of thioether (sulfide) groups is 1. The Morgan fingerprint density at radius 2 is 2.00 bits per heavy atom. The Kier molecular flexibility index (Phi) is 4.03. The van der Waals surface area contributed by atoms with Gasteiger partial charge in [-0.2, -0.15) is 11.8 Å². The Hall–Kier alpha value is -0.540. The van der Waals surface area contributed by atoms with E-state index in [2.05, 4.69) is 5.32 Å². The Bertz CT molecular complexity index is 310. The fourth-order valence-electron chi connectivity index (χ4n) is 1.79. The van der Waals surface area contributed by atoms with Crippen LogP contribution in [0.1, 0.15) is 18.4 Å². The largest absolute Gasteiger partial charge is 0.317 e. The van der Waals surface area contributed by atoms with Crippen molar-refractivity contribution in [2.24, 2.45) is 0 Å². The highest BCUT2D eigenvalue weighted by atomic mass is 32.2. The molecule has 1 aromatic carbocycles. The molecule has 0 radical (unpaired) electrons. The Labute approximate surface area is 94.5 Å². The minimum Gasteiger partial charge on any atom is -0.317 e. The van der Waals surface area contributed by atoms with E-state index in [4.69, 9.17) is 0 Å². The zero-order valence-corrected chi connectivity index (χ0v) is 9.52. The minimum absolute atomic E-state index is 0.0704. The van der Waals surface area contributed by atoms with E-state index in [0.29, 0.717) is 5.25 Å². The third-order valence-electron chi connectivity index (χ3n) is 2.72. The van der Waals surface area contributed by atoms with Crippen LogP contribution in [-0.2, 0) is 5.75 Å². The standard InChI is InChI=1S/C12H16FNS/c13-12-4-2-1-3-10(12)9-15-11-5-7-14-8-6-11/h1-4,11,14H,5-9H2. The number of rotatable bonds is 3. The topological polar surface area (TPSA) is 12.0 Å². The lowest BCUT2D eigenvalue weighted by Gasteiger charge is -2.22. The number of piperidine rings is 1. The third-order valence-corrected chi connectivity index (χ3v) is 4.14. The Morgan fingerprint density at radius 3 is 2.73 bits per heavy atom. The van der Waals surface area contributed by atoms with Gasteiger partial charge in [0.05, 0.1) is 0 Å². The normalized spacial score (nSPS) is 17.9. The molecule has 0 aliphatic carbocycles. The van der Waals surface area contributed by atoms with Crippen LogP contribution >= 0.6 is 11.8 Å². The monoisotopic (exact) mass is 225 g/mol. The molecule has 1 heterocycles. The van der Waals surface area contributed by atoms with Crippen LogP contribution in [0.2, 0.25) is 0 Å². The summed E-state index contributed by atoms with van der Waals surface area (Å²) in [5.74, 6) is 0.732. The van der Waals surface area contributed by atoms with E-state index in [1.807, 2.05) is 23.9 Å². The van der Waals surface area contributed by atoms with Crippen molar-refractivity contribution >= 4 is 11.8 Å². The average Bonchev–Trinajstić information content (AvgIpc) is 2.29. The highest BCUT2D eigenvalue weighted by Gasteiger charge is 2.13. The lowest BCUT2D eigenvalue weighted by molar-refractivity contribution is 0.531. The van der Waals surface area contributed by atoms with Crippen LogP contribution in [0.15, 0.2) is 24.3 Å². The molecular formula is C12H16FNS. The van der Waals surface area contributed by atoms with Crippen LogP contribution in [0.3, 0.4) is 0 Å². The fraction of sp³-hybridized carbons (Fsp3) is 0.500. The summed E-state index contributed by atoms with van der Waals surface area (Å²) in [5.41, 5.74) is 0.834. The molecule has 0 spiro atoms. The van der Waals surface area contributed by atoms with Crippen LogP contribution in [0.4, 0.5) is 4.39 Å². The van der Waals surface area contributed by atoms with Crippen molar-refractivity contribution in [1.82, 2.24) is 5.32 Å². The fourth-order valence-corrected chi connectivity index (χ4v) is 3.00. The summed E-state index contributed by atoms with van der Waals surface area (Å²) >= 11 is 1.88. The van der Waals surface area contributed by atoms with E-state index in [9.17, 15) is 4.39 Å². The SMILES string of the molecule is Fc1ccccc1CSC1CCNCC1. The predicted octanol–water partition coefficient (Wildman–Crippen LogP) is 2.81. The van der Waals surface area contributed by atoms with Crippen LogP contribution in [-0.4, -0.2) is 18.3 Å². The molecule has 0 atom stereocenters. The van der Waals surface area contributed by atoms with Gasteiger partial charge in [-0.1, -0.05) is 18.2 Å². The molecule has 1 fully saturated rings. The number of benzene rings is 1. The van der Waals surface area contributed by atoms with Gasteiger partial charge in [-0.15, -0.1) is 0 Å². The Balaban J connectivity index is 1.84. The predicted molar refractivity (Wildman–Crippen MR) is 63.6 cm³/mol. The van der Waals surface area contributed by atoms with Crippen molar-refractivity contribution in [1.29, 1.82) is 0 Å². The maximum Gasteiger partial charge on any atom is 0.127 e. The second-order valence-electron chi connectivity index (χ2n) is 3.85. The lowest BCUT2D eigenvalue weighted by atomic mass is 10.2. The van der Waals surface area contributed by atoms with Gasteiger partial charge in [0.25, 0.3) is 0 Å². The third kappa shape index (κ3) is 3.21. The van der Waals surface area contributed by atoms with Crippen molar-refractivity contribution in [2.75, 3.05) is 13.1 Å². The van der Waals surface area contributed by atoms with E-state index in [1.54, 1.807) is 6.07 Å². The first-order valence-electron chi connectivity index (χ1n) is 5.42. The van der Waals surface area contributed by atoms with Crippen molar-refractivity contribution in [3.63, 3.8) is 0 Å². The smallest absolute Gasteiger partial charge is 0.127 e. The molecule has 1 saturated heterocycles. The zero-order chi connectivity index (χ0) is 10.5. The van der Waals surface area contributed by atoms with Gasteiger partial charge in [0.1, 0.15) is 5.82 Å². The van der Waals surface area contributed by atoms with Gasteiger partial charge >= 0.3 is 0 Å². The molecule has 0 aromatic heterocycles. The summed E-state index contributed by atoms with van der Waals surface area (Å²) in [4.78, 5) is 0. The van der Waals surface area contributed by atoms with Gasteiger partial charge in [0, 0.05) is 11.0 Å². The van der Waals surface area contributed by atoms with Crippen molar-refractivity contribution in [3.8, 4) is 0 Å². The first kappa shape index (κ1) is 11.0. The molecule has 1 aliphatic rings. The van der Waals surface area contributed by atoms with Gasteiger partial charge < -0.3 is 5.32 Å². The van der Waals surface area contributed by atoms with Crippen LogP contribution in [0, 0.1) is 5.82 Å². The Morgan fingerprint density at radius 1 is 1.27 bits per heavy atom. The van der Waals surface area contributed by atoms with Crippen LogP contribution in [0.25, 0.3) is 0 Å².